The average Bonchev–Trinajstić information content (AvgIpc) is 2.52. The molecule has 0 aliphatic carbocycles. The number of aromatic nitrogens is 1. The first-order valence-electron chi connectivity index (χ1n) is 7.43. The van der Waals surface area contributed by atoms with Crippen LogP contribution in [0.2, 0.25) is 0 Å². The van der Waals surface area contributed by atoms with Crippen LogP contribution in [0.1, 0.15) is 48.7 Å². The lowest BCUT2D eigenvalue weighted by Crippen LogP contribution is -2.06. The summed E-state index contributed by atoms with van der Waals surface area (Å²) >= 11 is 0. The van der Waals surface area contributed by atoms with E-state index in [1.165, 1.54) is 17.8 Å². The number of carboxylic acid groups (broad SMARTS) is 1. The van der Waals surface area contributed by atoms with Gasteiger partial charge < -0.3 is 10.2 Å². The molecule has 0 aliphatic heterocycles. The molecule has 0 radical (unpaired) electrons. The third kappa shape index (κ3) is 4.16. The molecule has 0 amide bonds. The van der Waals surface area contributed by atoms with Crippen LogP contribution in [0.5, 0.6) is 5.75 Å². The van der Waals surface area contributed by atoms with Crippen molar-refractivity contribution in [3.63, 3.8) is 0 Å². The summed E-state index contributed by atoms with van der Waals surface area (Å²) in [5.74, 6) is -1.33. The number of carbonyl (C=O) groups is 2. The number of Topliss-reactive ketones (excluding diaryl/α,β-unsaturated/α-hetero) is 1. The first-order valence-corrected chi connectivity index (χ1v) is 7.43. The minimum absolute atomic E-state index is 0.0891. The van der Waals surface area contributed by atoms with E-state index in [1.54, 1.807) is 0 Å². The van der Waals surface area contributed by atoms with E-state index in [2.05, 4.69) is 18.8 Å². The molecule has 0 fully saturated rings. The molecule has 1 aromatic heterocycles. The topological polar surface area (TPSA) is 87.5 Å². The number of carboxylic acids is 1. The Kier molecular flexibility index (Phi) is 5.11. The Hall–Kier alpha value is -2.69. The molecule has 120 valence electrons. The lowest BCUT2D eigenvalue weighted by Gasteiger charge is -2.08. The molecule has 23 heavy (non-hydrogen) atoms. The molecule has 2 aromatic rings. The SMILES string of the molecule is CC(C)c1ccc(-c2cnc(C(=O)CCC(=O)O)c(O)c2)cc1. The molecule has 2 rings (SSSR count). The molecule has 5 nitrogen and oxygen atoms in total. The summed E-state index contributed by atoms with van der Waals surface area (Å²) in [6.07, 6.45) is 1.05. The van der Waals surface area contributed by atoms with Gasteiger partial charge in [0.1, 0.15) is 11.4 Å². The molecule has 1 heterocycles. The second-order valence-corrected chi connectivity index (χ2v) is 5.69. The smallest absolute Gasteiger partial charge is 0.303 e. The summed E-state index contributed by atoms with van der Waals surface area (Å²) in [5, 5.41) is 18.6. The largest absolute Gasteiger partial charge is 0.506 e. The normalized spacial score (nSPS) is 10.7. The fourth-order valence-electron chi connectivity index (χ4n) is 2.23. The van der Waals surface area contributed by atoms with Crippen LogP contribution in [0.15, 0.2) is 36.5 Å². The zero-order chi connectivity index (χ0) is 17.0. The molecule has 0 unspecified atom stereocenters. The van der Waals surface area contributed by atoms with Gasteiger partial charge in [-0.1, -0.05) is 38.1 Å². The van der Waals surface area contributed by atoms with Crippen LogP contribution in [0, 0.1) is 0 Å². The number of ketones is 1. The van der Waals surface area contributed by atoms with E-state index in [-0.39, 0.29) is 24.3 Å². The Balaban J connectivity index is 2.21. The highest BCUT2D eigenvalue weighted by Crippen LogP contribution is 2.27. The summed E-state index contributed by atoms with van der Waals surface area (Å²) < 4.78 is 0. The van der Waals surface area contributed by atoms with Crippen molar-refractivity contribution in [3.8, 4) is 16.9 Å². The van der Waals surface area contributed by atoms with Gasteiger partial charge in [0, 0.05) is 18.2 Å². The fraction of sp³-hybridized carbons (Fsp3) is 0.278. The molecule has 0 saturated heterocycles. The second kappa shape index (κ2) is 7.05. The van der Waals surface area contributed by atoms with Gasteiger partial charge in [0.15, 0.2) is 5.78 Å². The molecule has 1 aromatic carbocycles. The number of nitrogens with zero attached hydrogens (tertiary/aromatic N) is 1. The molecule has 0 bridgehead atoms. The van der Waals surface area contributed by atoms with Crippen LogP contribution < -0.4 is 0 Å². The molecular weight excluding hydrogens is 294 g/mol. The third-order valence-electron chi connectivity index (χ3n) is 3.61. The van der Waals surface area contributed by atoms with Crippen molar-refractivity contribution >= 4 is 11.8 Å². The number of aliphatic carboxylic acids is 1. The summed E-state index contributed by atoms with van der Waals surface area (Å²) in [5.41, 5.74) is 2.72. The highest BCUT2D eigenvalue weighted by atomic mass is 16.4. The predicted molar refractivity (Wildman–Crippen MR) is 86.6 cm³/mol. The van der Waals surface area contributed by atoms with Crippen molar-refractivity contribution in [1.29, 1.82) is 0 Å². The van der Waals surface area contributed by atoms with Gasteiger partial charge in [-0.25, -0.2) is 4.98 Å². The monoisotopic (exact) mass is 313 g/mol. The predicted octanol–water partition coefficient (Wildman–Crippen LogP) is 3.63. The van der Waals surface area contributed by atoms with Crippen molar-refractivity contribution in [2.45, 2.75) is 32.6 Å². The molecule has 2 N–H and O–H groups in total. The number of pyridine rings is 1. The van der Waals surface area contributed by atoms with Gasteiger partial charge >= 0.3 is 5.97 Å². The van der Waals surface area contributed by atoms with Crippen LogP contribution in [-0.4, -0.2) is 26.9 Å². The molecule has 0 spiro atoms. The maximum absolute atomic E-state index is 11.9. The minimum atomic E-state index is -1.06. The maximum atomic E-state index is 11.9. The van der Waals surface area contributed by atoms with Gasteiger partial charge in [-0.2, -0.15) is 0 Å². The van der Waals surface area contributed by atoms with Gasteiger partial charge in [0.2, 0.25) is 0 Å². The van der Waals surface area contributed by atoms with Crippen molar-refractivity contribution < 1.29 is 19.8 Å². The maximum Gasteiger partial charge on any atom is 0.303 e. The summed E-state index contributed by atoms with van der Waals surface area (Å²) in [6, 6.07) is 9.40. The van der Waals surface area contributed by atoms with E-state index < -0.39 is 11.8 Å². The molecule has 0 saturated carbocycles. The number of carbonyl (C=O) groups excluding carboxylic acids is 1. The molecular formula is C18H19NO4. The molecule has 5 heteroatoms. The Morgan fingerprint density at radius 2 is 1.74 bits per heavy atom. The fourth-order valence-corrected chi connectivity index (χ4v) is 2.23. The van der Waals surface area contributed by atoms with Gasteiger partial charge in [-0.05, 0) is 23.1 Å². The van der Waals surface area contributed by atoms with Gasteiger partial charge in [0.25, 0.3) is 0 Å². The third-order valence-corrected chi connectivity index (χ3v) is 3.61. The average molecular weight is 313 g/mol. The zero-order valence-corrected chi connectivity index (χ0v) is 13.1. The number of benzene rings is 1. The van der Waals surface area contributed by atoms with E-state index in [0.29, 0.717) is 11.5 Å². The Bertz CT molecular complexity index is 720. The summed E-state index contributed by atoms with van der Waals surface area (Å²) in [6.45, 7) is 4.22. The van der Waals surface area contributed by atoms with Gasteiger partial charge in [-0.15, -0.1) is 0 Å². The van der Waals surface area contributed by atoms with Crippen molar-refractivity contribution in [2.24, 2.45) is 0 Å². The van der Waals surface area contributed by atoms with Crippen LogP contribution in [0.4, 0.5) is 0 Å². The van der Waals surface area contributed by atoms with E-state index >= 15 is 0 Å². The van der Waals surface area contributed by atoms with Crippen molar-refractivity contribution in [1.82, 2.24) is 4.98 Å². The number of aromatic hydroxyl groups is 1. The Labute approximate surface area is 134 Å². The summed E-state index contributed by atoms with van der Waals surface area (Å²) in [7, 11) is 0. The van der Waals surface area contributed by atoms with E-state index in [4.69, 9.17) is 5.11 Å². The quantitative estimate of drug-likeness (QED) is 0.795. The Morgan fingerprint density at radius 3 is 2.26 bits per heavy atom. The standard InChI is InChI=1S/C18H19NO4/c1-11(2)12-3-5-13(6-4-12)14-9-16(21)18(19-10-14)15(20)7-8-17(22)23/h3-6,9-11,21H,7-8H2,1-2H3,(H,22,23). The molecule has 0 aliphatic rings. The minimum Gasteiger partial charge on any atom is -0.506 e. The van der Waals surface area contributed by atoms with Crippen LogP contribution >= 0.6 is 0 Å². The van der Waals surface area contributed by atoms with Crippen LogP contribution in [0.3, 0.4) is 0 Å². The lowest BCUT2D eigenvalue weighted by atomic mass is 9.99. The number of hydrogen-bond acceptors (Lipinski definition) is 4. The number of rotatable bonds is 6. The zero-order valence-electron chi connectivity index (χ0n) is 13.1. The highest BCUT2D eigenvalue weighted by molar-refractivity contribution is 5.98. The highest BCUT2D eigenvalue weighted by Gasteiger charge is 2.15. The van der Waals surface area contributed by atoms with E-state index in [0.717, 1.165) is 5.56 Å². The van der Waals surface area contributed by atoms with Crippen molar-refractivity contribution in [2.75, 3.05) is 0 Å². The second-order valence-electron chi connectivity index (χ2n) is 5.69. The molecule has 0 atom stereocenters. The van der Waals surface area contributed by atoms with Crippen LogP contribution in [0.25, 0.3) is 11.1 Å². The van der Waals surface area contributed by atoms with Crippen molar-refractivity contribution in [3.05, 3.63) is 47.8 Å². The summed E-state index contributed by atoms with van der Waals surface area (Å²) in [4.78, 5) is 26.3. The first kappa shape index (κ1) is 16.7. The van der Waals surface area contributed by atoms with Crippen LogP contribution in [-0.2, 0) is 4.79 Å². The Morgan fingerprint density at radius 1 is 1.09 bits per heavy atom. The first-order chi connectivity index (χ1) is 10.9. The van der Waals surface area contributed by atoms with Gasteiger partial charge in [0.05, 0.1) is 6.42 Å². The van der Waals surface area contributed by atoms with Gasteiger partial charge in [-0.3, -0.25) is 9.59 Å². The lowest BCUT2D eigenvalue weighted by molar-refractivity contribution is -0.136. The van der Waals surface area contributed by atoms with E-state index in [1.807, 2.05) is 24.3 Å². The van der Waals surface area contributed by atoms with E-state index in [9.17, 15) is 14.7 Å². The number of hydrogen-bond donors (Lipinski definition) is 2.